The lowest BCUT2D eigenvalue weighted by Gasteiger charge is -2.28. The third-order valence-electron chi connectivity index (χ3n) is 15.0. The average molecular weight is 1220 g/mol. The van der Waals surface area contributed by atoms with Gasteiger partial charge >= 0.3 is 11.9 Å². The standard InChI is InChI=1S/C76H132NO8P/c1-6-8-10-12-14-16-18-20-22-24-26-28-30-32-34-36-38-40-42-44-46-48-50-52-54-56-58-60-62-64-66-68-75(78)82-72-74(73-84-86(80,81)83-71-70-77(3,4)5)85-76(79)69-67-65-63-61-59-57-55-53-51-49-47-45-43-41-39-37-35-33-31-29-27-25-23-21-19-17-15-13-11-9-7-2/h8-11,14-17,20-23,26-29,33,35,39,41,74H,6-7,12-13,18-19,24-25,30-32,34,36-38,40,42-73H2,1-5H3/b10-8-,11-9-,16-14-,17-15-,22-20-,23-21-,28-26-,29-27-,35-33-,41-39-. The molecular formula is C76H132NO8P. The fourth-order valence-electron chi connectivity index (χ4n) is 9.65. The van der Waals surface area contributed by atoms with Crippen molar-refractivity contribution in [3.8, 4) is 0 Å². The zero-order valence-electron chi connectivity index (χ0n) is 56.2. The Morgan fingerprint density at radius 2 is 0.628 bits per heavy atom. The molecule has 2 atom stereocenters. The number of phosphoric acid groups is 1. The molecule has 0 aliphatic heterocycles. The Labute approximate surface area is 530 Å². The number of hydrogen-bond acceptors (Lipinski definition) is 8. The molecule has 2 unspecified atom stereocenters. The molecule has 9 nitrogen and oxygen atoms in total. The molecule has 0 amide bonds. The monoisotopic (exact) mass is 1220 g/mol. The van der Waals surface area contributed by atoms with Crippen LogP contribution in [-0.4, -0.2) is 70.0 Å². The van der Waals surface area contributed by atoms with Gasteiger partial charge in [-0.2, -0.15) is 0 Å². The summed E-state index contributed by atoms with van der Waals surface area (Å²) in [5.74, 6) is -0.831. The van der Waals surface area contributed by atoms with Crippen molar-refractivity contribution in [3.05, 3.63) is 122 Å². The van der Waals surface area contributed by atoms with E-state index in [2.05, 4.69) is 135 Å². The molecule has 0 rings (SSSR count). The molecule has 0 aromatic heterocycles. The first kappa shape index (κ1) is 82.4. The summed E-state index contributed by atoms with van der Waals surface area (Å²) in [5.41, 5.74) is 0. The number of unbranched alkanes of at least 4 members (excludes halogenated alkanes) is 30. The number of carbonyl (C=O) groups excluding carboxylic acids is 2. The van der Waals surface area contributed by atoms with Gasteiger partial charge in [-0.1, -0.05) is 302 Å². The zero-order valence-corrected chi connectivity index (χ0v) is 57.1. The van der Waals surface area contributed by atoms with Crippen LogP contribution < -0.4 is 4.89 Å². The second-order valence-corrected chi connectivity index (χ2v) is 25.9. The Hall–Kier alpha value is -3.59. The SMILES string of the molecule is CC/C=C\C/C=C\C/C=C\C/C=C\C/C=C\C/C=C\CCCCCCCCCCCCCCC(=O)OC(COC(=O)CCCCCCCCCCCCCCCCCCCC/C=C\C/C=C\C/C=C\C/C=C\CC)COP(=O)([O-])OCC[N+](C)(C)C. The van der Waals surface area contributed by atoms with Crippen molar-refractivity contribution < 1.29 is 42.1 Å². The molecule has 494 valence electrons. The van der Waals surface area contributed by atoms with Crippen LogP contribution in [0.5, 0.6) is 0 Å². The number of phosphoric ester groups is 1. The molecule has 0 saturated carbocycles. The first-order valence-electron chi connectivity index (χ1n) is 35.2. The molecular weight excluding hydrogens is 1090 g/mol. The van der Waals surface area contributed by atoms with E-state index >= 15 is 0 Å². The van der Waals surface area contributed by atoms with Crippen LogP contribution in [0.1, 0.15) is 296 Å². The second kappa shape index (κ2) is 65.8. The first-order chi connectivity index (χ1) is 42.0. The average Bonchev–Trinajstić information content (AvgIpc) is 3.56. The van der Waals surface area contributed by atoms with Crippen molar-refractivity contribution in [1.82, 2.24) is 0 Å². The van der Waals surface area contributed by atoms with Crippen LogP contribution in [0.3, 0.4) is 0 Å². The maximum atomic E-state index is 12.9. The van der Waals surface area contributed by atoms with Gasteiger partial charge in [0.25, 0.3) is 7.82 Å². The fourth-order valence-corrected chi connectivity index (χ4v) is 10.4. The number of carbonyl (C=O) groups is 2. The lowest BCUT2D eigenvalue weighted by molar-refractivity contribution is -0.870. The van der Waals surface area contributed by atoms with E-state index in [1.165, 1.54) is 161 Å². The summed E-state index contributed by atoms with van der Waals surface area (Å²) in [6.45, 7) is 4.03. The molecule has 0 aliphatic rings. The van der Waals surface area contributed by atoms with Gasteiger partial charge in [0.15, 0.2) is 6.10 Å². The molecule has 0 aliphatic carbocycles. The lowest BCUT2D eigenvalue weighted by Crippen LogP contribution is -2.37. The molecule has 0 N–H and O–H groups in total. The number of rotatable bonds is 64. The van der Waals surface area contributed by atoms with Crippen molar-refractivity contribution in [2.45, 2.75) is 302 Å². The predicted molar refractivity (Wildman–Crippen MR) is 369 cm³/mol. The van der Waals surface area contributed by atoms with Crippen LogP contribution in [0, 0.1) is 0 Å². The van der Waals surface area contributed by atoms with Crippen LogP contribution >= 0.6 is 7.82 Å². The first-order valence-corrected chi connectivity index (χ1v) is 36.7. The Kier molecular flexibility index (Phi) is 63.1. The molecule has 0 aromatic carbocycles. The highest BCUT2D eigenvalue weighted by Gasteiger charge is 2.22. The zero-order chi connectivity index (χ0) is 62.6. The largest absolute Gasteiger partial charge is 0.756 e. The maximum absolute atomic E-state index is 12.9. The molecule has 0 spiro atoms. The highest BCUT2D eigenvalue weighted by molar-refractivity contribution is 7.45. The van der Waals surface area contributed by atoms with Crippen LogP contribution in [0.15, 0.2) is 122 Å². The topological polar surface area (TPSA) is 111 Å². The minimum Gasteiger partial charge on any atom is -0.756 e. The van der Waals surface area contributed by atoms with E-state index in [1.807, 2.05) is 21.1 Å². The van der Waals surface area contributed by atoms with Gasteiger partial charge in [-0.3, -0.25) is 14.2 Å². The summed E-state index contributed by atoms with van der Waals surface area (Å²) in [4.78, 5) is 38.1. The van der Waals surface area contributed by atoms with E-state index in [4.69, 9.17) is 18.5 Å². The van der Waals surface area contributed by atoms with Gasteiger partial charge in [-0.05, 0) is 103 Å². The number of nitrogens with zero attached hydrogens (tertiary/aromatic N) is 1. The van der Waals surface area contributed by atoms with Gasteiger partial charge in [0.1, 0.15) is 19.8 Å². The molecule has 0 radical (unpaired) electrons. The molecule has 0 saturated heterocycles. The van der Waals surface area contributed by atoms with Crippen LogP contribution in [-0.2, 0) is 32.7 Å². The quantitative estimate of drug-likeness (QED) is 0.0195. The number of likely N-dealkylation sites (N-methyl/N-ethyl adjacent to an activating group) is 1. The van der Waals surface area contributed by atoms with Gasteiger partial charge in [0.05, 0.1) is 27.7 Å². The molecule has 0 fully saturated rings. The summed E-state index contributed by atoms with van der Waals surface area (Å²) in [7, 11) is 1.16. The molecule has 86 heavy (non-hydrogen) atoms. The second-order valence-electron chi connectivity index (χ2n) is 24.5. The van der Waals surface area contributed by atoms with Crippen molar-refractivity contribution in [1.29, 1.82) is 0 Å². The number of ether oxygens (including phenoxy) is 2. The molecule has 0 aromatic rings. The smallest absolute Gasteiger partial charge is 0.306 e. The number of allylic oxidation sites excluding steroid dienone is 20. The summed E-state index contributed by atoms with van der Waals surface area (Å²) in [6.07, 6.45) is 94.2. The van der Waals surface area contributed by atoms with E-state index in [-0.39, 0.29) is 32.0 Å². The Bertz CT molecular complexity index is 1870. The van der Waals surface area contributed by atoms with Crippen molar-refractivity contribution in [2.75, 3.05) is 47.5 Å². The predicted octanol–water partition coefficient (Wildman–Crippen LogP) is 22.4. The van der Waals surface area contributed by atoms with E-state index in [0.29, 0.717) is 17.4 Å². The Morgan fingerprint density at radius 1 is 0.360 bits per heavy atom. The van der Waals surface area contributed by atoms with Crippen molar-refractivity contribution in [3.63, 3.8) is 0 Å². The lowest BCUT2D eigenvalue weighted by atomic mass is 10.0. The minimum absolute atomic E-state index is 0.0348. The van der Waals surface area contributed by atoms with Gasteiger partial charge in [-0.25, -0.2) is 0 Å². The number of quaternary nitrogens is 1. The van der Waals surface area contributed by atoms with Crippen molar-refractivity contribution >= 4 is 19.8 Å². The number of hydrogen-bond donors (Lipinski definition) is 0. The van der Waals surface area contributed by atoms with E-state index in [1.54, 1.807) is 0 Å². The van der Waals surface area contributed by atoms with E-state index in [9.17, 15) is 19.0 Å². The molecule has 0 bridgehead atoms. The van der Waals surface area contributed by atoms with Crippen LogP contribution in [0.4, 0.5) is 0 Å². The summed E-state index contributed by atoms with van der Waals surface area (Å²) < 4.78 is 34.3. The summed E-state index contributed by atoms with van der Waals surface area (Å²) in [5, 5.41) is 0. The van der Waals surface area contributed by atoms with Gasteiger partial charge in [0, 0.05) is 12.8 Å². The third kappa shape index (κ3) is 69.5. The third-order valence-corrected chi connectivity index (χ3v) is 15.9. The van der Waals surface area contributed by atoms with E-state index < -0.39 is 26.5 Å². The molecule has 10 heteroatoms. The van der Waals surface area contributed by atoms with Crippen LogP contribution in [0.2, 0.25) is 0 Å². The van der Waals surface area contributed by atoms with Gasteiger partial charge in [0.2, 0.25) is 0 Å². The minimum atomic E-state index is -4.65. The van der Waals surface area contributed by atoms with Gasteiger partial charge in [-0.15, -0.1) is 0 Å². The number of esters is 2. The Morgan fingerprint density at radius 3 is 0.930 bits per heavy atom. The Balaban J connectivity index is 4.05. The normalized spacial score (nSPS) is 13.9. The van der Waals surface area contributed by atoms with Crippen molar-refractivity contribution in [2.24, 2.45) is 0 Å². The highest BCUT2D eigenvalue weighted by atomic mass is 31.2. The van der Waals surface area contributed by atoms with Crippen LogP contribution in [0.25, 0.3) is 0 Å². The maximum Gasteiger partial charge on any atom is 0.306 e. The fraction of sp³-hybridized carbons (Fsp3) is 0.711. The summed E-state index contributed by atoms with van der Waals surface area (Å²) >= 11 is 0. The highest BCUT2D eigenvalue weighted by Crippen LogP contribution is 2.38. The summed E-state index contributed by atoms with van der Waals surface area (Å²) in [6, 6.07) is 0. The van der Waals surface area contributed by atoms with E-state index in [0.717, 1.165) is 103 Å². The van der Waals surface area contributed by atoms with Gasteiger partial charge < -0.3 is 27.9 Å². The molecule has 0 heterocycles.